The minimum absolute atomic E-state index is 0.809. The Balaban J connectivity index is 1.58. The average Bonchev–Trinajstić information content (AvgIpc) is 3.02. The first kappa shape index (κ1) is 13.8. The summed E-state index contributed by atoms with van der Waals surface area (Å²) in [5, 5.41) is 3.41. The van der Waals surface area contributed by atoms with Gasteiger partial charge in [0.2, 0.25) is 0 Å². The van der Waals surface area contributed by atoms with Crippen LogP contribution in [-0.2, 0) is 13.1 Å². The van der Waals surface area contributed by atoms with Gasteiger partial charge in [0.15, 0.2) is 0 Å². The van der Waals surface area contributed by atoms with Crippen LogP contribution in [0.25, 0.3) is 0 Å². The topological polar surface area (TPSA) is 34.1 Å². The van der Waals surface area contributed by atoms with Crippen molar-refractivity contribution in [2.75, 3.05) is 0 Å². The van der Waals surface area contributed by atoms with Crippen LogP contribution in [0, 0.1) is 0 Å². The number of benzene rings is 2. The summed E-state index contributed by atoms with van der Waals surface area (Å²) < 4.78 is 5.84. The summed E-state index contributed by atoms with van der Waals surface area (Å²) in [6.07, 6.45) is 1.90. The first-order chi connectivity index (χ1) is 10.4. The molecule has 0 spiro atoms. The Morgan fingerprint density at radius 1 is 0.952 bits per heavy atom. The van der Waals surface area contributed by atoms with Gasteiger partial charge in [0, 0.05) is 24.2 Å². The van der Waals surface area contributed by atoms with E-state index in [1.807, 2.05) is 54.2 Å². The van der Waals surface area contributed by atoms with Crippen LogP contribution in [0.5, 0.6) is 11.5 Å². The zero-order valence-corrected chi connectivity index (χ0v) is 12.3. The third kappa shape index (κ3) is 4.15. The Morgan fingerprint density at radius 2 is 1.81 bits per heavy atom. The van der Waals surface area contributed by atoms with Crippen molar-refractivity contribution in [3.63, 3.8) is 0 Å². The van der Waals surface area contributed by atoms with E-state index in [0.717, 1.165) is 24.6 Å². The number of aromatic nitrogens is 1. The van der Waals surface area contributed by atoms with Gasteiger partial charge in [0.25, 0.3) is 0 Å². The van der Waals surface area contributed by atoms with E-state index >= 15 is 0 Å². The number of para-hydroxylation sites is 1. The van der Waals surface area contributed by atoms with Crippen molar-refractivity contribution in [1.29, 1.82) is 0 Å². The standard InChI is InChI=1S/C17H16N2OS/c1-2-6-15(7-3-1)20-16-8-4-5-14(9-16)10-18-11-17-12-19-13-21-17/h1-9,12-13,18H,10-11H2. The lowest BCUT2D eigenvalue weighted by atomic mass is 10.2. The molecule has 0 aliphatic heterocycles. The maximum absolute atomic E-state index is 5.84. The molecule has 4 heteroatoms. The molecule has 3 aromatic rings. The third-order valence-electron chi connectivity index (χ3n) is 2.99. The number of hydrogen-bond donors (Lipinski definition) is 1. The predicted octanol–water partition coefficient (Wildman–Crippen LogP) is 4.23. The first-order valence-electron chi connectivity index (χ1n) is 6.80. The van der Waals surface area contributed by atoms with E-state index < -0.39 is 0 Å². The van der Waals surface area contributed by atoms with Crippen LogP contribution < -0.4 is 10.1 Å². The smallest absolute Gasteiger partial charge is 0.127 e. The van der Waals surface area contributed by atoms with Gasteiger partial charge in [-0.2, -0.15) is 0 Å². The molecule has 1 heterocycles. The molecule has 0 bridgehead atoms. The number of rotatable bonds is 6. The van der Waals surface area contributed by atoms with Crippen molar-refractivity contribution in [1.82, 2.24) is 10.3 Å². The monoisotopic (exact) mass is 296 g/mol. The highest BCUT2D eigenvalue weighted by atomic mass is 32.1. The number of hydrogen-bond acceptors (Lipinski definition) is 4. The van der Waals surface area contributed by atoms with E-state index in [2.05, 4.69) is 22.4 Å². The molecule has 0 fully saturated rings. The fourth-order valence-corrected chi connectivity index (χ4v) is 2.57. The molecule has 2 aromatic carbocycles. The zero-order valence-electron chi connectivity index (χ0n) is 11.5. The predicted molar refractivity (Wildman–Crippen MR) is 85.6 cm³/mol. The Hall–Kier alpha value is -2.17. The van der Waals surface area contributed by atoms with Gasteiger partial charge in [0.05, 0.1) is 5.51 Å². The van der Waals surface area contributed by atoms with Gasteiger partial charge in [0.1, 0.15) is 11.5 Å². The molecule has 0 amide bonds. The van der Waals surface area contributed by atoms with Gasteiger partial charge in [-0.3, -0.25) is 4.98 Å². The number of ether oxygens (including phenoxy) is 1. The van der Waals surface area contributed by atoms with E-state index in [1.165, 1.54) is 10.4 Å². The van der Waals surface area contributed by atoms with Crippen molar-refractivity contribution in [2.45, 2.75) is 13.1 Å². The summed E-state index contributed by atoms with van der Waals surface area (Å²) >= 11 is 1.66. The molecule has 1 aromatic heterocycles. The lowest BCUT2D eigenvalue weighted by Gasteiger charge is -2.08. The molecular formula is C17H16N2OS. The van der Waals surface area contributed by atoms with Crippen LogP contribution in [0.4, 0.5) is 0 Å². The Labute approximate surface area is 128 Å². The van der Waals surface area contributed by atoms with Gasteiger partial charge in [-0.05, 0) is 29.8 Å². The fourth-order valence-electron chi connectivity index (χ4n) is 2.00. The van der Waals surface area contributed by atoms with E-state index in [9.17, 15) is 0 Å². The quantitative estimate of drug-likeness (QED) is 0.739. The van der Waals surface area contributed by atoms with Crippen molar-refractivity contribution >= 4 is 11.3 Å². The second-order valence-electron chi connectivity index (χ2n) is 4.63. The van der Waals surface area contributed by atoms with Gasteiger partial charge in [-0.15, -0.1) is 11.3 Å². The van der Waals surface area contributed by atoms with Gasteiger partial charge >= 0.3 is 0 Å². The lowest BCUT2D eigenvalue weighted by molar-refractivity contribution is 0.481. The molecule has 0 radical (unpaired) electrons. The maximum Gasteiger partial charge on any atom is 0.127 e. The van der Waals surface area contributed by atoms with Crippen LogP contribution in [0.3, 0.4) is 0 Å². The Bertz CT molecular complexity index is 668. The van der Waals surface area contributed by atoms with E-state index in [1.54, 1.807) is 11.3 Å². The van der Waals surface area contributed by atoms with Crippen LogP contribution in [0.15, 0.2) is 66.3 Å². The molecule has 0 saturated carbocycles. The largest absolute Gasteiger partial charge is 0.457 e. The molecule has 3 nitrogen and oxygen atoms in total. The highest BCUT2D eigenvalue weighted by molar-refractivity contribution is 7.09. The average molecular weight is 296 g/mol. The summed E-state index contributed by atoms with van der Waals surface area (Å²) in [6.45, 7) is 1.65. The molecule has 0 saturated heterocycles. The SMILES string of the molecule is c1ccc(Oc2cccc(CNCc3cncs3)c2)cc1. The minimum atomic E-state index is 0.809. The zero-order chi connectivity index (χ0) is 14.3. The van der Waals surface area contributed by atoms with Crippen molar-refractivity contribution in [2.24, 2.45) is 0 Å². The van der Waals surface area contributed by atoms with Crippen LogP contribution in [-0.4, -0.2) is 4.98 Å². The van der Waals surface area contributed by atoms with E-state index in [4.69, 9.17) is 4.74 Å². The second kappa shape index (κ2) is 7.02. The third-order valence-corrected chi connectivity index (χ3v) is 3.77. The number of nitrogens with zero attached hydrogens (tertiary/aromatic N) is 1. The molecule has 21 heavy (non-hydrogen) atoms. The van der Waals surface area contributed by atoms with E-state index in [-0.39, 0.29) is 0 Å². The number of thiazole rings is 1. The van der Waals surface area contributed by atoms with Crippen LogP contribution in [0.2, 0.25) is 0 Å². The summed E-state index contributed by atoms with van der Waals surface area (Å²) in [6, 6.07) is 18.0. The van der Waals surface area contributed by atoms with E-state index in [0.29, 0.717) is 0 Å². The summed E-state index contributed by atoms with van der Waals surface area (Å²) in [5.41, 5.74) is 3.05. The normalized spacial score (nSPS) is 10.5. The van der Waals surface area contributed by atoms with Crippen molar-refractivity contribution in [3.8, 4) is 11.5 Å². The Kier molecular flexibility index (Phi) is 4.61. The minimum Gasteiger partial charge on any atom is -0.457 e. The lowest BCUT2D eigenvalue weighted by Crippen LogP contribution is -2.11. The van der Waals surface area contributed by atoms with Crippen molar-refractivity contribution < 1.29 is 4.74 Å². The molecule has 0 unspecified atom stereocenters. The molecule has 0 aliphatic rings. The second-order valence-corrected chi connectivity index (χ2v) is 5.60. The first-order valence-corrected chi connectivity index (χ1v) is 7.68. The highest BCUT2D eigenvalue weighted by Gasteiger charge is 2.00. The van der Waals surface area contributed by atoms with Crippen LogP contribution in [0.1, 0.15) is 10.4 Å². The van der Waals surface area contributed by atoms with Crippen molar-refractivity contribution in [3.05, 3.63) is 76.7 Å². The molecular weight excluding hydrogens is 280 g/mol. The van der Waals surface area contributed by atoms with Crippen LogP contribution >= 0.6 is 11.3 Å². The molecule has 106 valence electrons. The van der Waals surface area contributed by atoms with Gasteiger partial charge < -0.3 is 10.1 Å². The summed E-state index contributed by atoms with van der Waals surface area (Å²) in [4.78, 5) is 5.31. The molecule has 0 aliphatic carbocycles. The molecule has 0 atom stereocenters. The van der Waals surface area contributed by atoms with Gasteiger partial charge in [-0.1, -0.05) is 30.3 Å². The molecule has 1 N–H and O–H groups in total. The summed E-state index contributed by atoms with van der Waals surface area (Å²) in [7, 11) is 0. The van der Waals surface area contributed by atoms with Gasteiger partial charge in [-0.25, -0.2) is 0 Å². The Morgan fingerprint density at radius 3 is 2.62 bits per heavy atom. The highest BCUT2D eigenvalue weighted by Crippen LogP contribution is 2.21. The number of nitrogens with one attached hydrogen (secondary N) is 1. The molecule has 3 rings (SSSR count). The summed E-state index contributed by atoms with van der Waals surface area (Å²) in [5.74, 6) is 1.71. The fraction of sp³-hybridized carbons (Fsp3) is 0.118. The maximum atomic E-state index is 5.84.